The molecule has 0 saturated carbocycles. The van der Waals surface area contributed by atoms with Crippen molar-refractivity contribution in [3.05, 3.63) is 58.7 Å². The lowest BCUT2D eigenvalue weighted by Gasteiger charge is -2.21. The van der Waals surface area contributed by atoms with Crippen LogP contribution in [0.25, 0.3) is 0 Å². The van der Waals surface area contributed by atoms with E-state index in [1.54, 1.807) is 26.0 Å². The molecule has 26 heavy (non-hydrogen) atoms. The number of hydrogen-bond acceptors (Lipinski definition) is 3. The summed E-state index contributed by atoms with van der Waals surface area (Å²) in [4.78, 5) is 12.8. The highest BCUT2D eigenvalue weighted by Crippen LogP contribution is 2.23. The molecule has 0 aliphatic rings. The lowest BCUT2D eigenvalue weighted by atomic mass is 10.0. The fraction of sp³-hybridized carbons (Fsp3) is 0.350. The quantitative estimate of drug-likeness (QED) is 0.863. The number of nitrogens with one attached hydrogen (secondary N) is 1. The molecule has 0 spiro atoms. The van der Waals surface area contributed by atoms with Gasteiger partial charge in [0.25, 0.3) is 5.91 Å². The van der Waals surface area contributed by atoms with Gasteiger partial charge in [0, 0.05) is 24.3 Å². The van der Waals surface area contributed by atoms with Gasteiger partial charge in [-0.2, -0.15) is 4.31 Å². The molecule has 0 saturated heterocycles. The van der Waals surface area contributed by atoms with Crippen molar-refractivity contribution in [3.63, 3.8) is 0 Å². The van der Waals surface area contributed by atoms with E-state index in [-0.39, 0.29) is 16.8 Å². The van der Waals surface area contributed by atoms with E-state index in [1.807, 2.05) is 32.9 Å². The number of hydrogen-bond donors (Lipinski definition) is 1. The Balaban J connectivity index is 2.35. The molecule has 0 radical (unpaired) electrons. The largest absolute Gasteiger partial charge is 0.322 e. The average molecular weight is 375 g/mol. The molecular formula is C20H26N2O3S. The van der Waals surface area contributed by atoms with E-state index in [2.05, 4.69) is 5.32 Å². The molecule has 5 nitrogen and oxygen atoms in total. The van der Waals surface area contributed by atoms with Crippen LogP contribution in [0.1, 0.15) is 40.9 Å². The molecule has 0 fully saturated rings. The second-order valence-electron chi connectivity index (χ2n) is 6.87. The van der Waals surface area contributed by atoms with Gasteiger partial charge in [0.15, 0.2) is 0 Å². The molecule has 140 valence electrons. The fourth-order valence-corrected chi connectivity index (χ4v) is 4.22. The van der Waals surface area contributed by atoms with Crippen LogP contribution in [0, 0.1) is 20.8 Å². The minimum atomic E-state index is -3.64. The van der Waals surface area contributed by atoms with Crippen molar-refractivity contribution >= 4 is 21.6 Å². The SMILES string of the molecule is Cc1cc(C)c(NC(=O)c2cccc(S(=O)(=O)N(C)C(C)C)c2)c(C)c1. The first kappa shape index (κ1) is 20.1. The van der Waals surface area contributed by atoms with Crippen molar-refractivity contribution in [1.29, 1.82) is 0 Å². The molecule has 0 heterocycles. The number of nitrogens with zero attached hydrogens (tertiary/aromatic N) is 1. The first-order valence-electron chi connectivity index (χ1n) is 8.51. The number of rotatable bonds is 5. The topological polar surface area (TPSA) is 66.5 Å². The summed E-state index contributed by atoms with van der Waals surface area (Å²) in [5.41, 5.74) is 4.14. The lowest BCUT2D eigenvalue weighted by Crippen LogP contribution is -2.33. The molecule has 0 aromatic heterocycles. The van der Waals surface area contributed by atoms with Gasteiger partial charge in [-0.25, -0.2) is 8.42 Å². The maximum atomic E-state index is 12.7. The molecule has 0 unspecified atom stereocenters. The van der Waals surface area contributed by atoms with Gasteiger partial charge in [0.1, 0.15) is 0 Å². The molecule has 2 aromatic rings. The van der Waals surface area contributed by atoms with Gasteiger partial charge in [0.2, 0.25) is 10.0 Å². The Hall–Kier alpha value is -2.18. The van der Waals surface area contributed by atoms with Crippen molar-refractivity contribution in [3.8, 4) is 0 Å². The monoisotopic (exact) mass is 374 g/mol. The maximum Gasteiger partial charge on any atom is 0.255 e. The highest BCUT2D eigenvalue weighted by atomic mass is 32.2. The van der Waals surface area contributed by atoms with Gasteiger partial charge >= 0.3 is 0 Å². The Kier molecular flexibility index (Phi) is 5.88. The zero-order valence-electron chi connectivity index (χ0n) is 16.1. The number of aryl methyl sites for hydroxylation is 3. The minimum absolute atomic E-state index is 0.110. The fourth-order valence-electron chi connectivity index (χ4n) is 2.80. The van der Waals surface area contributed by atoms with Crippen LogP contribution >= 0.6 is 0 Å². The zero-order valence-corrected chi connectivity index (χ0v) is 16.9. The van der Waals surface area contributed by atoms with E-state index in [9.17, 15) is 13.2 Å². The third kappa shape index (κ3) is 4.14. The van der Waals surface area contributed by atoms with Crippen molar-refractivity contribution < 1.29 is 13.2 Å². The molecule has 1 amide bonds. The Bertz CT molecular complexity index is 911. The highest BCUT2D eigenvalue weighted by molar-refractivity contribution is 7.89. The number of sulfonamides is 1. The van der Waals surface area contributed by atoms with Crippen LogP contribution in [0.4, 0.5) is 5.69 Å². The molecule has 0 aliphatic carbocycles. The van der Waals surface area contributed by atoms with Crippen LogP contribution in [0.5, 0.6) is 0 Å². The van der Waals surface area contributed by atoms with Crippen LogP contribution in [-0.2, 0) is 10.0 Å². The molecule has 0 atom stereocenters. The van der Waals surface area contributed by atoms with Crippen LogP contribution in [0.2, 0.25) is 0 Å². The van der Waals surface area contributed by atoms with Gasteiger partial charge in [-0.1, -0.05) is 23.8 Å². The summed E-state index contributed by atoms with van der Waals surface area (Å²) in [5, 5.41) is 2.91. The Morgan fingerprint density at radius 3 is 2.15 bits per heavy atom. The van der Waals surface area contributed by atoms with E-state index >= 15 is 0 Å². The molecule has 6 heteroatoms. The number of anilines is 1. The van der Waals surface area contributed by atoms with E-state index in [1.165, 1.54) is 23.5 Å². The standard InChI is InChI=1S/C20H26N2O3S/c1-13(2)22(6)26(24,25)18-9-7-8-17(12-18)20(23)21-19-15(4)10-14(3)11-16(19)5/h7-13H,1-6H3,(H,21,23). The van der Waals surface area contributed by atoms with Crippen LogP contribution in [0.3, 0.4) is 0 Å². The van der Waals surface area contributed by atoms with Gasteiger partial charge in [-0.05, 0) is 63.9 Å². The predicted molar refractivity (Wildman–Crippen MR) is 105 cm³/mol. The summed E-state index contributed by atoms with van der Waals surface area (Å²) in [7, 11) is -2.10. The molecule has 2 aromatic carbocycles. The Labute approximate surface area is 156 Å². The maximum absolute atomic E-state index is 12.7. The van der Waals surface area contributed by atoms with Crippen molar-refractivity contribution in [2.45, 2.75) is 45.6 Å². The molecule has 0 aliphatic heterocycles. The van der Waals surface area contributed by atoms with E-state index in [0.717, 1.165) is 22.4 Å². The summed E-state index contributed by atoms with van der Waals surface area (Å²) in [6.45, 7) is 9.49. The van der Waals surface area contributed by atoms with E-state index in [0.29, 0.717) is 5.56 Å². The summed E-state index contributed by atoms with van der Waals surface area (Å²) >= 11 is 0. The molecule has 2 rings (SSSR count). The predicted octanol–water partition coefficient (Wildman–Crippen LogP) is 3.89. The number of amides is 1. The van der Waals surface area contributed by atoms with Crippen LogP contribution in [-0.4, -0.2) is 31.7 Å². The van der Waals surface area contributed by atoms with E-state index < -0.39 is 10.0 Å². The van der Waals surface area contributed by atoms with Crippen molar-refractivity contribution in [1.82, 2.24) is 4.31 Å². The van der Waals surface area contributed by atoms with Gasteiger partial charge < -0.3 is 5.32 Å². The lowest BCUT2D eigenvalue weighted by molar-refractivity contribution is 0.102. The second-order valence-corrected chi connectivity index (χ2v) is 8.87. The Morgan fingerprint density at radius 2 is 1.62 bits per heavy atom. The summed E-state index contributed by atoms with van der Waals surface area (Å²) in [6, 6.07) is 9.96. The summed E-state index contributed by atoms with van der Waals surface area (Å²) < 4.78 is 26.6. The summed E-state index contributed by atoms with van der Waals surface area (Å²) in [5.74, 6) is -0.329. The second kappa shape index (κ2) is 7.60. The van der Waals surface area contributed by atoms with Gasteiger partial charge in [-0.3, -0.25) is 4.79 Å². The van der Waals surface area contributed by atoms with Gasteiger partial charge in [0.05, 0.1) is 4.90 Å². The van der Waals surface area contributed by atoms with Crippen LogP contribution in [0.15, 0.2) is 41.3 Å². The van der Waals surface area contributed by atoms with Crippen molar-refractivity contribution in [2.24, 2.45) is 0 Å². The molecular weight excluding hydrogens is 348 g/mol. The van der Waals surface area contributed by atoms with E-state index in [4.69, 9.17) is 0 Å². The first-order valence-corrected chi connectivity index (χ1v) is 9.95. The van der Waals surface area contributed by atoms with Crippen molar-refractivity contribution in [2.75, 3.05) is 12.4 Å². The number of carbonyl (C=O) groups is 1. The normalized spacial score (nSPS) is 11.8. The number of carbonyl (C=O) groups excluding carboxylic acids is 1. The number of benzene rings is 2. The summed E-state index contributed by atoms with van der Waals surface area (Å²) in [6.07, 6.45) is 0. The molecule has 0 bridgehead atoms. The third-order valence-electron chi connectivity index (χ3n) is 4.42. The van der Waals surface area contributed by atoms with Crippen LogP contribution < -0.4 is 5.32 Å². The van der Waals surface area contributed by atoms with Gasteiger partial charge in [-0.15, -0.1) is 0 Å². The first-order chi connectivity index (χ1) is 12.0. The highest BCUT2D eigenvalue weighted by Gasteiger charge is 2.24. The smallest absolute Gasteiger partial charge is 0.255 e. The zero-order chi connectivity index (χ0) is 19.6. The average Bonchev–Trinajstić information content (AvgIpc) is 2.57. The molecule has 1 N–H and O–H groups in total. The minimum Gasteiger partial charge on any atom is -0.322 e. The third-order valence-corrected chi connectivity index (χ3v) is 6.45. The Morgan fingerprint density at radius 1 is 1.04 bits per heavy atom.